The minimum Gasteiger partial charge on any atom is -0.481 e. The molecule has 0 aromatic heterocycles. The van der Waals surface area contributed by atoms with Gasteiger partial charge in [0.2, 0.25) is 0 Å². The third kappa shape index (κ3) is 6.38. The molecule has 0 atom stereocenters. The highest BCUT2D eigenvalue weighted by atomic mass is 16.5. The number of carbonyl (C=O) groups excluding carboxylic acids is 1. The van der Waals surface area contributed by atoms with Crippen molar-refractivity contribution in [1.29, 1.82) is 0 Å². The fourth-order valence-corrected chi connectivity index (χ4v) is 3.35. The van der Waals surface area contributed by atoms with Crippen LogP contribution in [0.2, 0.25) is 6.82 Å². The molecule has 1 N–H and O–H groups in total. The summed E-state index contributed by atoms with van der Waals surface area (Å²) in [5.74, 6) is 0.219. The van der Waals surface area contributed by atoms with Crippen LogP contribution >= 0.6 is 0 Å². The molecule has 0 heterocycles. The van der Waals surface area contributed by atoms with E-state index in [1.807, 2.05) is 62.6 Å². The lowest BCUT2D eigenvalue weighted by molar-refractivity contribution is -0.136. The predicted octanol–water partition coefficient (Wildman–Crippen LogP) is 4.25. The van der Waals surface area contributed by atoms with Crippen LogP contribution in [0.5, 0.6) is 11.5 Å². The number of ether oxygens (including phenoxy) is 2. The van der Waals surface area contributed by atoms with Crippen molar-refractivity contribution in [2.24, 2.45) is 0 Å². The first-order valence-corrected chi connectivity index (χ1v) is 10.3. The summed E-state index contributed by atoms with van der Waals surface area (Å²) in [6, 6.07) is 22.4. The molecule has 0 saturated heterocycles. The van der Waals surface area contributed by atoms with E-state index >= 15 is 0 Å². The molecule has 0 aliphatic carbocycles. The van der Waals surface area contributed by atoms with Crippen LogP contribution in [0.3, 0.4) is 0 Å². The van der Waals surface area contributed by atoms with E-state index in [1.54, 1.807) is 29.2 Å². The zero-order valence-electron chi connectivity index (χ0n) is 18.2. The molecule has 3 aromatic rings. The highest BCUT2D eigenvalue weighted by Crippen LogP contribution is 2.27. The van der Waals surface area contributed by atoms with Crippen LogP contribution in [-0.4, -0.2) is 36.5 Å². The van der Waals surface area contributed by atoms with E-state index in [-0.39, 0.29) is 13.0 Å². The van der Waals surface area contributed by atoms with Gasteiger partial charge in [-0.25, -0.2) is 4.79 Å². The van der Waals surface area contributed by atoms with Gasteiger partial charge in [-0.3, -0.25) is 9.69 Å². The smallest absolute Gasteiger partial charge is 0.410 e. The number of hydrogen-bond donors (Lipinski definition) is 1. The predicted molar refractivity (Wildman–Crippen MR) is 124 cm³/mol. The normalized spacial score (nSPS) is 10.3. The molecule has 0 bridgehead atoms. The average molecular weight is 430 g/mol. The number of carbonyl (C=O) groups is 2. The first-order valence-electron chi connectivity index (χ1n) is 10.3. The monoisotopic (exact) mass is 430 g/mol. The van der Waals surface area contributed by atoms with Gasteiger partial charge in [-0.1, -0.05) is 66.9 Å². The van der Waals surface area contributed by atoms with Crippen molar-refractivity contribution in [1.82, 2.24) is 4.90 Å². The van der Waals surface area contributed by atoms with Gasteiger partial charge in [0.1, 0.15) is 18.8 Å². The maximum absolute atomic E-state index is 12.5. The largest absolute Gasteiger partial charge is 0.481 e. The zero-order valence-corrected chi connectivity index (χ0v) is 18.2. The van der Waals surface area contributed by atoms with Crippen LogP contribution in [0.4, 0.5) is 4.79 Å². The fraction of sp³-hybridized carbons (Fsp3) is 0.200. The van der Waals surface area contributed by atoms with E-state index in [0.717, 1.165) is 16.6 Å². The van der Waals surface area contributed by atoms with E-state index in [1.165, 1.54) is 7.11 Å². The maximum atomic E-state index is 12.5. The lowest BCUT2D eigenvalue weighted by Crippen LogP contribution is -2.30. The Kier molecular flexibility index (Phi) is 7.92. The fourth-order valence-electron chi connectivity index (χ4n) is 3.35. The quantitative estimate of drug-likeness (QED) is 0.514. The molecule has 0 fully saturated rings. The lowest BCUT2D eigenvalue weighted by Gasteiger charge is -2.23. The number of aliphatic carboxylic acids is 1. The summed E-state index contributed by atoms with van der Waals surface area (Å²) in [5.41, 5.74) is 3.44. The summed E-state index contributed by atoms with van der Waals surface area (Å²) >= 11 is 0. The Morgan fingerprint density at radius 3 is 2.38 bits per heavy atom. The molecule has 0 aliphatic heterocycles. The van der Waals surface area contributed by atoms with Gasteiger partial charge >= 0.3 is 12.1 Å². The molecule has 7 heteroatoms. The van der Waals surface area contributed by atoms with Gasteiger partial charge < -0.3 is 14.6 Å². The van der Waals surface area contributed by atoms with Crippen molar-refractivity contribution in [3.05, 3.63) is 89.5 Å². The molecule has 3 aromatic carbocycles. The maximum Gasteiger partial charge on any atom is 0.410 e. The van der Waals surface area contributed by atoms with Crippen molar-refractivity contribution in [2.45, 2.75) is 26.3 Å². The first kappa shape index (κ1) is 22.9. The van der Waals surface area contributed by atoms with E-state index in [2.05, 4.69) is 0 Å². The third-order valence-electron chi connectivity index (χ3n) is 4.91. The van der Waals surface area contributed by atoms with E-state index in [0.29, 0.717) is 23.6 Å². The van der Waals surface area contributed by atoms with Gasteiger partial charge in [-0.05, 0) is 29.3 Å². The third-order valence-corrected chi connectivity index (χ3v) is 4.91. The molecule has 0 spiro atoms. The van der Waals surface area contributed by atoms with Crippen molar-refractivity contribution in [2.75, 3.05) is 7.11 Å². The molecule has 1 amide bonds. The SMILES string of the molecule is C[B]c1ccc(Oc2cccc(CC(=O)O)c2)c(CN(Cc2ccccc2)C(=O)OC)c1. The summed E-state index contributed by atoms with van der Waals surface area (Å²) in [6.07, 6.45) is -0.518. The highest BCUT2D eigenvalue weighted by Gasteiger charge is 2.18. The minimum absolute atomic E-state index is 0.0824. The highest BCUT2D eigenvalue weighted by molar-refractivity contribution is 6.51. The number of hydrogen-bond acceptors (Lipinski definition) is 4. The van der Waals surface area contributed by atoms with E-state index in [4.69, 9.17) is 14.6 Å². The second kappa shape index (κ2) is 11.0. The molecular formula is C25H25BNO5. The molecule has 32 heavy (non-hydrogen) atoms. The Hall–Kier alpha value is -3.74. The second-order valence-electron chi connectivity index (χ2n) is 7.29. The molecule has 6 nitrogen and oxygen atoms in total. The summed E-state index contributed by atoms with van der Waals surface area (Å²) < 4.78 is 11.1. The van der Waals surface area contributed by atoms with Gasteiger partial charge in [0.15, 0.2) is 0 Å². The van der Waals surface area contributed by atoms with Crippen molar-refractivity contribution >= 4 is 24.8 Å². The first-order chi connectivity index (χ1) is 15.5. The molecule has 0 saturated carbocycles. The van der Waals surface area contributed by atoms with Crippen LogP contribution < -0.4 is 10.2 Å². The van der Waals surface area contributed by atoms with E-state index in [9.17, 15) is 9.59 Å². The summed E-state index contributed by atoms with van der Waals surface area (Å²) in [6.45, 7) is 2.62. The molecule has 163 valence electrons. The number of nitrogens with zero attached hydrogens (tertiary/aromatic N) is 1. The Balaban J connectivity index is 1.89. The van der Waals surface area contributed by atoms with Gasteiger partial charge in [-0.15, -0.1) is 0 Å². The van der Waals surface area contributed by atoms with Gasteiger partial charge in [-0.2, -0.15) is 0 Å². The van der Waals surface area contributed by atoms with Crippen LogP contribution in [0, 0.1) is 0 Å². The van der Waals surface area contributed by atoms with E-state index < -0.39 is 12.1 Å². The van der Waals surface area contributed by atoms with Crippen molar-refractivity contribution in [3.63, 3.8) is 0 Å². The van der Waals surface area contributed by atoms with Gasteiger partial charge in [0.05, 0.1) is 20.1 Å². The molecule has 1 radical (unpaired) electrons. The average Bonchev–Trinajstić information content (AvgIpc) is 2.79. The van der Waals surface area contributed by atoms with Crippen LogP contribution in [-0.2, 0) is 29.0 Å². The summed E-state index contributed by atoms with van der Waals surface area (Å²) in [4.78, 5) is 25.1. The Morgan fingerprint density at radius 1 is 0.938 bits per heavy atom. The van der Waals surface area contributed by atoms with Crippen LogP contribution in [0.1, 0.15) is 16.7 Å². The standard InChI is InChI=1S/C25H25BNO5/c1-26-21-11-12-23(32-22-10-6-9-19(13-22)14-24(28)29)20(15-21)17-27(25(30)31-2)16-18-7-4-3-5-8-18/h3-13,15H,14,16-17H2,1-2H3,(H,28,29). The number of rotatable bonds is 9. The topological polar surface area (TPSA) is 76.1 Å². The van der Waals surface area contributed by atoms with Crippen LogP contribution in [0.15, 0.2) is 72.8 Å². The number of carboxylic acids is 1. The second-order valence-corrected chi connectivity index (χ2v) is 7.29. The molecule has 3 rings (SSSR count). The number of carboxylic acid groups (broad SMARTS) is 1. The summed E-state index contributed by atoms with van der Waals surface area (Å²) in [5, 5.41) is 9.05. The number of benzene rings is 3. The van der Waals surface area contributed by atoms with Gasteiger partial charge in [0.25, 0.3) is 0 Å². The molecule has 0 aliphatic rings. The lowest BCUT2D eigenvalue weighted by atomic mass is 9.73. The zero-order chi connectivity index (χ0) is 22.9. The van der Waals surface area contributed by atoms with Crippen LogP contribution in [0.25, 0.3) is 0 Å². The number of methoxy groups -OCH3 is 1. The minimum atomic E-state index is -0.902. The molecular weight excluding hydrogens is 405 g/mol. The van der Waals surface area contributed by atoms with Gasteiger partial charge in [0, 0.05) is 12.1 Å². The Labute approximate surface area is 188 Å². The Bertz CT molecular complexity index is 1070. The number of amides is 1. The van der Waals surface area contributed by atoms with Crippen molar-refractivity contribution < 1.29 is 24.2 Å². The van der Waals surface area contributed by atoms with Crippen molar-refractivity contribution in [3.8, 4) is 11.5 Å². The summed E-state index contributed by atoms with van der Waals surface area (Å²) in [7, 11) is 3.34. The Morgan fingerprint density at radius 2 is 1.69 bits per heavy atom. The molecule has 0 unspecified atom stereocenters.